The molecule has 2 rings (SSSR count). The third-order valence-electron chi connectivity index (χ3n) is 4.07. The Balaban J connectivity index is 0.00000264. The highest BCUT2D eigenvalue weighted by Crippen LogP contribution is 2.23. The number of benzene rings is 1. The summed E-state index contributed by atoms with van der Waals surface area (Å²) in [5.74, 6) is 0.397. The lowest BCUT2D eigenvalue weighted by Gasteiger charge is -2.36. The van der Waals surface area contributed by atoms with Gasteiger partial charge in [-0.1, -0.05) is 20.8 Å². The molecule has 1 aromatic carbocycles. The van der Waals surface area contributed by atoms with Crippen molar-refractivity contribution < 1.29 is 13.9 Å². The molecule has 1 amide bonds. The van der Waals surface area contributed by atoms with E-state index in [0.29, 0.717) is 18.8 Å². The lowest BCUT2D eigenvalue weighted by atomic mass is 9.86. The van der Waals surface area contributed by atoms with Crippen molar-refractivity contribution in [3.05, 3.63) is 30.1 Å². The molecule has 1 aliphatic rings. The molecule has 2 N–H and O–H groups in total. The van der Waals surface area contributed by atoms with Gasteiger partial charge in [-0.2, -0.15) is 0 Å². The second-order valence-electron chi connectivity index (χ2n) is 6.94. The summed E-state index contributed by atoms with van der Waals surface area (Å²) < 4.78 is 18.7. The molecule has 0 saturated carbocycles. The van der Waals surface area contributed by atoms with E-state index in [9.17, 15) is 9.18 Å². The molecule has 1 atom stereocenters. The minimum absolute atomic E-state index is 0. The van der Waals surface area contributed by atoms with E-state index in [1.807, 2.05) is 25.7 Å². The normalized spacial score (nSPS) is 17.3. The maximum Gasteiger partial charge on any atom is 0.240 e. The van der Waals surface area contributed by atoms with E-state index in [4.69, 9.17) is 10.5 Å². The van der Waals surface area contributed by atoms with Gasteiger partial charge in [0.1, 0.15) is 17.7 Å². The number of hydrogen-bond acceptors (Lipinski definition) is 3. The molecule has 4 nitrogen and oxygen atoms in total. The highest BCUT2D eigenvalue weighted by molar-refractivity contribution is 5.85. The van der Waals surface area contributed by atoms with E-state index in [1.165, 1.54) is 12.1 Å². The second-order valence-corrected chi connectivity index (χ2v) is 6.94. The zero-order chi connectivity index (χ0) is 16.3. The minimum Gasteiger partial charge on any atom is -0.490 e. The molecule has 0 aliphatic carbocycles. The van der Waals surface area contributed by atoms with Gasteiger partial charge in [0.2, 0.25) is 5.91 Å². The highest BCUT2D eigenvalue weighted by atomic mass is 35.5. The summed E-state index contributed by atoms with van der Waals surface area (Å²) in [4.78, 5) is 14.2. The molecule has 1 fully saturated rings. The molecule has 0 spiro atoms. The van der Waals surface area contributed by atoms with Crippen molar-refractivity contribution in [1.82, 2.24) is 4.90 Å². The summed E-state index contributed by atoms with van der Waals surface area (Å²) in [6, 6.07) is 5.54. The smallest absolute Gasteiger partial charge is 0.240 e. The van der Waals surface area contributed by atoms with Crippen LogP contribution in [0.5, 0.6) is 5.75 Å². The summed E-state index contributed by atoms with van der Waals surface area (Å²) in [6.45, 7) is 7.21. The summed E-state index contributed by atoms with van der Waals surface area (Å²) in [5.41, 5.74) is 5.80. The third-order valence-corrected chi connectivity index (χ3v) is 4.07. The van der Waals surface area contributed by atoms with Crippen LogP contribution in [0.4, 0.5) is 4.39 Å². The number of rotatable bonds is 3. The van der Waals surface area contributed by atoms with Gasteiger partial charge in [-0.15, -0.1) is 12.4 Å². The summed E-state index contributed by atoms with van der Waals surface area (Å²) in [6.07, 6.45) is 1.58. The van der Waals surface area contributed by atoms with Gasteiger partial charge in [0.25, 0.3) is 0 Å². The van der Waals surface area contributed by atoms with Crippen LogP contribution in [-0.2, 0) is 4.79 Å². The van der Waals surface area contributed by atoms with Crippen LogP contribution < -0.4 is 10.5 Å². The van der Waals surface area contributed by atoms with Gasteiger partial charge >= 0.3 is 0 Å². The van der Waals surface area contributed by atoms with Crippen molar-refractivity contribution in [2.24, 2.45) is 11.1 Å². The molecule has 1 saturated heterocycles. The fraction of sp³-hybridized carbons (Fsp3) is 0.588. The lowest BCUT2D eigenvalue weighted by molar-refractivity contribution is -0.136. The number of nitrogens with two attached hydrogens (primary N) is 1. The molecule has 0 aromatic heterocycles. The monoisotopic (exact) mass is 344 g/mol. The first-order valence-corrected chi connectivity index (χ1v) is 7.74. The highest BCUT2D eigenvalue weighted by Gasteiger charge is 2.33. The molecule has 1 heterocycles. The zero-order valence-electron chi connectivity index (χ0n) is 13.9. The van der Waals surface area contributed by atoms with E-state index in [1.54, 1.807) is 12.1 Å². The van der Waals surface area contributed by atoms with Crippen molar-refractivity contribution in [2.45, 2.75) is 45.8 Å². The van der Waals surface area contributed by atoms with E-state index in [-0.39, 0.29) is 35.7 Å². The van der Waals surface area contributed by atoms with Crippen molar-refractivity contribution in [1.29, 1.82) is 0 Å². The fourth-order valence-corrected chi connectivity index (χ4v) is 2.47. The van der Waals surface area contributed by atoms with E-state index in [0.717, 1.165) is 12.8 Å². The number of carbonyl (C=O) groups excluding carboxylic acids is 1. The molecule has 1 aromatic rings. The molecule has 6 heteroatoms. The SMILES string of the molecule is CC(C)(C)[C@H](N)C(=O)N1CCC(Oc2ccc(F)cc2)CC1.Cl. The van der Waals surface area contributed by atoms with Crippen LogP contribution in [0.25, 0.3) is 0 Å². The number of carbonyl (C=O) groups is 1. The Bertz CT molecular complexity index is 508. The van der Waals surface area contributed by atoms with Gasteiger partial charge in [0.05, 0.1) is 6.04 Å². The van der Waals surface area contributed by atoms with Gasteiger partial charge in [0, 0.05) is 25.9 Å². The lowest BCUT2D eigenvalue weighted by Crippen LogP contribution is -2.53. The first kappa shape index (κ1) is 19.7. The predicted molar refractivity (Wildman–Crippen MR) is 91.3 cm³/mol. The number of piperidine rings is 1. The topological polar surface area (TPSA) is 55.6 Å². The van der Waals surface area contributed by atoms with Gasteiger partial charge in [-0.25, -0.2) is 4.39 Å². The number of nitrogens with zero attached hydrogens (tertiary/aromatic N) is 1. The van der Waals surface area contributed by atoms with Gasteiger partial charge in [-0.3, -0.25) is 4.79 Å². The molecular formula is C17H26ClFN2O2. The van der Waals surface area contributed by atoms with Crippen LogP contribution in [0, 0.1) is 11.2 Å². The quantitative estimate of drug-likeness (QED) is 0.917. The third kappa shape index (κ3) is 5.36. The predicted octanol–water partition coefficient (Wildman–Crippen LogP) is 2.99. The van der Waals surface area contributed by atoms with Crippen molar-refractivity contribution >= 4 is 18.3 Å². The maximum atomic E-state index is 12.9. The number of ether oxygens (including phenoxy) is 1. The standard InChI is InChI=1S/C17H25FN2O2.ClH/c1-17(2,3)15(19)16(21)20-10-8-14(9-11-20)22-13-6-4-12(18)5-7-13;/h4-7,14-15H,8-11,19H2,1-3H3;1H/t15-;/m1./s1. The maximum absolute atomic E-state index is 12.9. The van der Waals surface area contributed by atoms with Crippen LogP contribution in [0.1, 0.15) is 33.6 Å². The molecule has 23 heavy (non-hydrogen) atoms. The fourth-order valence-electron chi connectivity index (χ4n) is 2.47. The first-order valence-electron chi connectivity index (χ1n) is 7.74. The molecule has 130 valence electrons. The Kier molecular flexibility index (Phi) is 6.84. The zero-order valence-corrected chi connectivity index (χ0v) is 14.7. The Morgan fingerprint density at radius 1 is 1.26 bits per heavy atom. The van der Waals surface area contributed by atoms with E-state index in [2.05, 4.69) is 0 Å². The average Bonchev–Trinajstić information content (AvgIpc) is 2.48. The Labute approximate surface area is 143 Å². The summed E-state index contributed by atoms with van der Waals surface area (Å²) >= 11 is 0. The van der Waals surface area contributed by atoms with E-state index < -0.39 is 6.04 Å². The van der Waals surface area contributed by atoms with Crippen LogP contribution >= 0.6 is 12.4 Å². The van der Waals surface area contributed by atoms with Crippen molar-refractivity contribution in [2.75, 3.05) is 13.1 Å². The van der Waals surface area contributed by atoms with E-state index >= 15 is 0 Å². The van der Waals surface area contributed by atoms with Crippen molar-refractivity contribution in [3.63, 3.8) is 0 Å². The molecule has 0 unspecified atom stereocenters. The summed E-state index contributed by atoms with van der Waals surface area (Å²) in [5, 5.41) is 0. The average molecular weight is 345 g/mol. The van der Waals surface area contributed by atoms with Gasteiger partial charge in [-0.05, 0) is 29.7 Å². The van der Waals surface area contributed by atoms with Crippen molar-refractivity contribution in [3.8, 4) is 5.75 Å². The van der Waals surface area contributed by atoms with Crippen LogP contribution in [0.2, 0.25) is 0 Å². The Morgan fingerprint density at radius 2 is 1.78 bits per heavy atom. The summed E-state index contributed by atoms with van der Waals surface area (Å²) in [7, 11) is 0. The van der Waals surface area contributed by atoms with Crippen LogP contribution in [0.3, 0.4) is 0 Å². The molecular weight excluding hydrogens is 319 g/mol. The van der Waals surface area contributed by atoms with Crippen LogP contribution in [0.15, 0.2) is 24.3 Å². The van der Waals surface area contributed by atoms with Gasteiger partial charge < -0.3 is 15.4 Å². The second kappa shape index (κ2) is 7.97. The number of amides is 1. The largest absolute Gasteiger partial charge is 0.490 e. The first-order chi connectivity index (χ1) is 10.3. The Morgan fingerprint density at radius 3 is 2.26 bits per heavy atom. The van der Waals surface area contributed by atoms with Crippen LogP contribution in [-0.4, -0.2) is 36.0 Å². The Hall–Kier alpha value is -1.33. The minimum atomic E-state index is -0.484. The molecule has 0 bridgehead atoms. The number of likely N-dealkylation sites (tertiary alicyclic amines) is 1. The number of hydrogen-bond donors (Lipinski definition) is 1. The van der Waals surface area contributed by atoms with Gasteiger partial charge in [0.15, 0.2) is 0 Å². The number of halogens is 2. The molecule has 0 radical (unpaired) electrons. The molecule has 1 aliphatic heterocycles.